The molecule has 5 heteroatoms. The van der Waals surface area contributed by atoms with Crippen LogP contribution in [-0.2, 0) is 6.42 Å². The summed E-state index contributed by atoms with van der Waals surface area (Å²) in [5.74, 6) is 0.955. The number of aliphatic hydroxyl groups is 1. The van der Waals surface area contributed by atoms with Crippen LogP contribution in [0.4, 0.5) is 0 Å². The van der Waals surface area contributed by atoms with Crippen LogP contribution in [-0.4, -0.2) is 43.2 Å². The quantitative estimate of drug-likeness (QED) is 0.775. The van der Waals surface area contributed by atoms with E-state index in [0.29, 0.717) is 30.3 Å². The lowest BCUT2D eigenvalue weighted by molar-refractivity contribution is 0.0829. The molecule has 1 atom stereocenters. The van der Waals surface area contributed by atoms with Crippen molar-refractivity contribution in [3.05, 3.63) is 64.1 Å². The first-order valence-corrected chi connectivity index (χ1v) is 10.3. The fourth-order valence-electron chi connectivity index (χ4n) is 3.37. The minimum atomic E-state index is -0.0665. The van der Waals surface area contributed by atoms with E-state index in [1.165, 1.54) is 5.57 Å². The Morgan fingerprint density at radius 2 is 2.11 bits per heavy atom. The van der Waals surface area contributed by atoms with Crippen LogP contribution >= 0.6 is 11.3 Å². The third-order valence-electron chi connectivity index (χ3n) is 5.24. The minimum Gasteiger partial charge on any atom is -0.489 e. The summed E-state index contributed by atoms with van der Waals surface area (Å²) < 4.78 is 7.08. The Kier molecular flexibility index (Phi) is 6.06. The molecule has 1 aromatic carbocycles. The standard InChI is InChI=1S/C23H27NO3S/c1-14-6-7-17(16(3)15(14)2)12-27-19-10-20(23(26)24(4)5)22-18(8-9-25)13-28-21(22)11-19/h6-7,10-11,13-14,25H,2,8-9,12H2,1,3-5H3. The number of aliphatic hydroxyl groups excluding tert-OH is 1. The van der Waals surface area contributed by atoms with Gasteiger partial charge in [0.25, 0.3) is 5.91 Å². The number of ether oxygens (including phenoxy) is 1. The number of carbonyl (C=O) groups is 1. The molecule has 4 nitrogen and oxygen atoms in total. The van der Waals surface area contributed by atoms with E-state index in [-0.39, 0.29) is 12.5 Å². The number of fused-ring (bicyclic) bond motifs is 1. The molecule has 1 aliphatic rings. The number of rotatable bonds is 6. The summed E-state index contributed by atoms with van der Waals surface area (Å²) in [7, 11) is 3.49. The average Bonchev–Trinajstić information content (AvgIpc) is 3.07. The van der Waals surface area contributed by atoms with Gasteiger partial charge in [-0.1, -0.05) is 25.7 Å². The number of nitrogens with zero attached hydrogens (tertiary/aromatic N) is 1. The van der Waals surface area contributed by atoms with Crippen molar-refractivity contribution in [1.82, 2.24) is 4.90 Å². The molecular formula is C23H27NO3S. The van der Waals surface area contributed by atoms with Crippen molar-refractivity contribution in [2.24, 2.45) is 5.92 Å². The van der Waals surface area contributed by atoms with Crippen molar-refractivity contribution in [3.63, 3.8) is 0 Å². The minimum absolute atomic E-state index is 0.0573. The van der Waals surface area contributed by atoms with Crippen molar-refractivity contribution < 1.29 is 14.6 Å². The smallest absolute Gasteiger partial charge is 0.254 e. The molecule has 0 aliphatic heterocycles. The van der Waals surface area contributed by atoms with Gasteiger partial charge in [0.15, 0.2) is 0 Å². The first kappa shape index (κ1) is 20.4. The van der Waals surface area contributed by atoms with Crippen molar-refractivity contribution in [1.29, 1.82) is 0 Å². The van der Waals surface area contributed by atoms with Crippen LogP contribution in [0.3, 0.4) is 0 Å². The number of benzene rings is 1. The van der Waals surface area contributed by atoms with E-state index in [1.54, 1.807) is 30.3 Å². The molecule has 3 rings (SSSR count). The Hall–Kier alpha value is -2.37. The van der Waals surface area contributed by atoms with Crippen LogP contribution in [0.5, 0.6) is 5.75 Å². The van der Waals surface area contributed by atoms with Crippen LogP contribution in [0.2, 0.25) is 0 Å². The van der Waals surface area contributed by atoms with Gasteiger partial charge in [0.2, 0.25) is 0 Å². The number of amides is 1. The highest BCUT2D eigenvalue weighted by molar-refractivity contribution is 7.17. The van der Waals surface area contributed by atoms with E-state index >= 15 is 0 Å². The molecule has 0 bridgehead atoms. The zero-order valence-corrected chi connectivity index (χ0v) is 17.7. The molecule has 148 valence electrons. The summed E-state index contributed by atoms with van der Waals surface area (Å²) in [6.07, 6.45) is 4.77. The van der Waals surface area contributed by atoms with Crippen LogP contribution in [0.25, 0.3) is 10.1 Å². The molecule has 0 saturated heterocycles. The fraction of sp³-hybridized carbons (Fsp3) is 0.348. The Morgan fingerprint density at radius 1 is 1.36 bits per heavy atom. The van der Waals surface area contributed by atoms with E-state index in [9.17, 15) is 9.90 Å². The predicted octanol–water partition coefficient (Wildman–Crippen LogP) is 4.60. The van der Waals surface area contributed by atoms with Gasteiger partial charge >= 0.3 is 0 Å². The van der Waals surface area contributed by atoms with E-state index in [0.717, 1.165) is 26.8 Å². The van der Waals surface area contributed by atoms with Crippen LogP contribution in [0, 0.1) is 5.92 Å². The highest BCUT2D eigenvalue weighted by atomic mass is 32.1. The van der Waals surface area contributed by atoms with Crippen molar-refractivity contribution in [3.8, 4) is 5.75 Å². The molecule has 0 spiro atoms. The highest BCUT2D eigenvalue weighted by Gasteiger charge is 2.19. The van der Waals surface area contributed by atoms with E-state index in [2.05, 4.69) is 32.6 Å². The predicted molar refractivity (Wildman–Crippen MR) is 116 cm³/mol. The second kappa shape index (κ2) is 8.33. The number of thiophene rings is 1. The molecule has 1 heterocycles. The van der Waals surface area contributed by atoms with Crippen molar-refractivity contribution in [2.75, 3.05) is 27.3 Å². The monoisotopic (exact) mass is 397 g/mol. The molecule has 2 aromatic rings. The topological polar surface area (TPSA) is 49.8 Å². The fourth-order valence-corrected chi connectivity index (χ4v) is 4.42. The Bertz CT molecular complexity index is 981. The molecule has 1 aromatic heterocycles. The summed E-state index contributed by atoms with van der Waals surface area (Å²) >= 11 is 1.57. The zero-order chi connectivity index (χ0) is 20.4. The normalized spacial score (nSPS) is 16.8. The van der Waals surface area contributed by atoms with Gasteiger partial charge in [0.05, 0.1) is 5.56 Å². The summed E-state index contributed by atoms with van der Waals surface area (Å²) in [4.78, 5) is 14.4. The molecule has 1 aliphatic carbocycles. The van der Waals surface area contributed by atoms with Gasteiger partial charge in [0.1, 0.15) is 12.4 Å². The second-order valence-electron chi connectivity index (χ2n) is 7.39. The molecular weight excluding hydrogens is 370 g/mol. The summed E-state index contributed by atoms with van der Waals surface area (Å²) in [6.45, 7) is 8.87. The maximum absolute atomic E-state index is 12.8. The lowest BCUT2D eigenvalue weighted by Gasteiger charge is -2.21. The maximum atomic E-state index is 12.8. The van der Waals surface area contributed by atoms with Gasteiger partial charge in [0, 0.05) is 30.8 Å². The summed E-state index contributed by atoms with van der Waals surface area (Å²) in [5, 5.41) is 12.3. The highest BCUT2D eigenvalue weighted by Crippen LogP contribution is 2.35. The van der Waals surface area contributed by atoms with Crippen LogP contribution < -0.4 is 4.74 Å². The van der Waals surface area contributed by atoms with Crippen molar-refractivity contribution in [2.45, 2.75) is 20.3 Å². The van der Waals surface area contributed by atoms with E-state index < -0.39 is 0 Å². The summed E-state index contributed by atoms with van der Waals surface area (Å²) in [6, 6.07) is 3.80. The largest absolute Gasteiger partial charge is 0.489 e. The molecule has 1 amide bonds. The number of hydrogen-bond donors (Lipinski definition) is 1. The second-order valence-corrected chi connectivity index (χ2v) is 8.30. The van der Waals surface area contributed by atoms with Crippen molar-refractivity contribution >= 4 is 27.3 Å². The van der Waals surface area contributed by atoms with Gasteiger partial charge in [-0.05, 0) is 59.1 Å². The van der Waals surface area contributed by atoms with Crippen LogP contribution in [0.1, 0.15) is 29.8 Å². The van der Waals surface area contributed by atoms with E-state index in [4.69, 9.17) is 4.74 Å². The first-order chi connectivity index (χ1) is 13.3. The SMILES string of the molecule is C=C1C(C)=C(COc2cc(C(=O)N(C)C)c3c(CCO)csc3c2)C=CC1C. The molecule has 0 saturated carbocycles. The molecule has 1 unspecified atom stereocenters. The third kappa shape index (κ3) is 3.91. The molecule has 0 fully saturated rings. The number of hydrogen-bond acceptors (Lipinski definition) is 4. The Morgan fingerprint density at radius 3 is 2.79 bits per heavy atom. The number of carbonyl (C=O) groups excluding carboxylic acids is 1. The van der Waals surface area contributed by atoms with E-state index in [1.807, 2.05) is 17.5 Å². The lowest BCUT2D eigenvalue weighted by Crippen LogP contribution is -2.22. The van der Waals surface area contributed by atoms with Gasteiger partial charge in [-0.3, -0.25) is 4.79 Å². The third-order valence-corrected chi connectivity index (χ3v) is 6.21. The van der Waals surface area contributed by atoms with Gasteiger partial charge in [-0.2, -0.15) is 0 Å². The molecule has 1 N–H and O–H groups in total. The number of allylic oxidation sites excluding steroid dienone is 3. The van der Waals surface area contributed by atoms with Crippen LogP contribution in [0.15, 0.2) is 53.0 Å². The first-order valence-electron chi connectivity index (χ1n) is 9.40. The molecule has 0 radical (unpaired) electrons. The van der Waals surface area contributed by atoms with Gasteiger partial charge in [-0.25, -0.2) is 0 Å². The lowest BCUT2D eigenvalue weighted by atomic mass is 9.88. The van der Waals surface area contributed by atoms with Gasteiger partial charge in [-0.15, -0.1) is 11.3 Å². The Balaban J connectivity index is 1.95. The van der Waals surface area contributed by atoms with Gasteiger partial charge < -0.3 is 14.7 Å². The Labute approximate surface area is 170 Å². The maximum Gasteiger partial charge on any atom is 0.254 e. The summed E-state index contributed by atoms with van der Waals surface area (Å²) in [5.41, 5.74) is 5.01. The average molecular weight is 398 g/mol. The zero-order valence-electron chi connectivity index (χ0n) is 16.9. The molecule has 28 heavy (non-hydrogen) atoms.